The molecule has 1 radical (unpaired) electrons. The number of esters is 2. The Morgan fingerprint density at radius 3 is 0.860 bits per heavy atom. The Labute approximate surface area is 243 Å². The van der Waals surface area contributed by atoms with Gasteiger partial charge in [-0.1, -0.05) is 0 Å². The minimum absolute atomic E-state index is 0. The van der Waals surface area contributed by atoms with E-state index >= 15 is 0 Å². The Morgan fingerprint density at radius 2 is 0.651 bits per heavy atom. The molecule has 0 saturated carbocycles. The third kappa shape index (κ3) is 8.93. The average molecular weight is 684 g/mol. The second-order valence-corrected chi connectivity index (χ2v) is 7.38. The van der Waals surface area contributed by atoms with Gasteiger partial charge in [-0.05, 0) is 13.8 Å². The summed E-state index contributed by atoms with van der Waals surface area (Å²) in [5, 5.41) is 0. The van der Waals surface area contributed by atoms with Crippen molar-refractivity contribution in [2.24, 2.45) is 0 Å². The fourth-order valence-corrected chi connectivity index (χ4v) is 2.74. The molecular weight excluding hydrogens is 670 g/mol. The maximum absolute atomic E-state index is 13.3. The Hall–Kier alpha value is -4.12. The zero-order valence-corrected chi connectivity index (χ0v) is 22.1. The van der Waals surface area contributed by atoms with Gasteiger partial charge in [-0.25, -0.2) is 53.5 Å². The van der Waals surface area contributed by atoms with Crippen molar-refractivity contribution in [3.8, 4) is 0 Å². The molecule has 2 aromatic carbocycles. The normalized spacial score (nSPS) is 10.1. The van der Waals surface area contributed by atoms with Crippen LogP contribution < -0.4 is 0 Å². The number of Topliss-reactive ketones (excluding diaryl/α,β-unsaturated/α-hetero) is 4. The van der Waals surface area contributed by atoms with E-state index in [4.69, 9.17) is 0 Å². The predicted molar refractivity (Wildman–Crippen MR) is 114 cm³/mol. The molecule has 0 atom stereocenters. The molecule has 0 unspecified atom stereocenters. The summed E-state index contributed by atoms with van der Waals surface area (Å²) in [6.45, 7) is 2.33. The fourth-order valence-electron chi connectivity index (χ4n) is 2.74. The van der Waals surface area contributed by atoms with Crippen molar-refractivity contribution in [2.45, 2.75) is 26.7 Å². The van der Waals surface area contributed by atoms with Crippen LogP contribution in [0.25, 0.3) is 0 Å². The standard InChI is InChI=1S/2C12H7F5O4.Cu/c2*1-2-21-12(20)5(19)3-4(18)6-7(13)9(15)11(17)10(16)8(6)14;/h2*2-3H2,1H3;/q;;+2. The van der Waals surface area contributed by atoms with Crippen LogP contribution in [0.4, 0.5) is 43.9 Å². The van der Waals surface area contributed by atoms with Gasteiger partial charge in [-0.15, -0.1) is 0 Å². The third-order valence-corrected chi connectivity index (χ3v) is 4.63. The van der Waals surface area contributed by atoms with Gasteiger partial charge >= 0.3 is 29.0 Å². The smallest absolute Gasteiger partial charge is 0.460 e. The fraction of sp³-hybridized carbons (Fsp3) is 0.250. The summed E-state index contributed by atoms with van der Waals surface area (Å²) in [4.78, 5) is 67.2. The molecule has 2 aromatic rings. The number of carbonyl (C=O) groups excluding carboxylic acids is 6. The van der Waals surface area contributed by atoms with Crippen LogP contribution in [0.3, 0.4) is 0 Å². The second kappa shape index (κ2) is 16.5. The molecule has 0 aromatic heterocycles. The van der Waals surface area contributed by atoms with E-state index in [1.54, 1.807) is 0 Å². The van der Waals surface area contributed by atoms with Crippen LogP contribution in [-0.4, -0.2) is 48.3 Å². The van der Waals surface area contributed by atoms with Crippen LogP contribution in [0.15, 0.2) is 0 Å². The van der Waals surface area contributed by atoms with E-state index < -0.39 is 117 Å². The summed E-state index contributed by atoms with van der Waals surface area (Å²) in [6.07, 6.45) is -2.76. The summed E-state index contributed by atoms with van der Waals surface area (Å²) < 4.78 is 139. The number of carbonyl (C=O) groups is 6. The molecule has 0 fully saturated rings. The van der Waals surface area contributed by atoms with E-state index in [0.29, 0.717) is 0 Å². The third-order valence-electron chi connectivity index (χ3n) is 4.63. The van der Waals surface area contributed by atoms with E-state index in [-0.39, 0.29) is 30.3 Å². The van der Waals surface area contributed by atoms with Crippen molar-refractivity contribution >= 4 is 35.1 Å². The van der Waals surface area contributed by atoms with Gasteiger partial charge in [0.15, 0.2) is 58.1 Å². The number of halogens is 10. The molecule has 19 heteroatoms. The van der Waals surface area contributed by atoms with Crippen LogP contribution in [0, 0.1) is 58.2 Å². The van der Waals surface area contributed by atoms with Gasteiger partial charge in [0.25, 0.3) is 0 Å². The molecular formula is C24H14CuF10O8+2. The zero-order chi connectivity index (χ0) is 32.6. The molecule has 0 amide bonds. The van der Waals surface area contributed by atoms with E-state index in [2.05, 4.69) is 9.47 Å². The topological polar surface area (TPSA) is 121 Å². The number of ether oxygens (including phenoxy) is 2. The van der Waals surface area contributed by atoms with Gasteiger partial charge in [-0.3, -0.25) is 19.2 Å². The first-order valence-electron chi connectivity index (χ1n) is 10.9. The molecule has 0 aliphatic rings. The van der Waals surface area contributed by atoms with Crippen molar-refractivity contribution < 1.29 is 99.2 Å². The summed E-state index contributed by atoms with van der Waals surface area (Å²) in [6, 6.07) is 0. The van der Waals surface area contributed by atoms with Crippen molar-refractivity contribution in [1.29, 1.82) is 0 Å². The first kappa shape index (κ1) is 38.9. The molecule has 0 saturated heterocycles. The first-order valence-corrected chi connectivity index (χ1v) is 10.9. The van der Waals surface area contributed by atoms with E-state index in [1.165, 1.54) is 13.8 Å². The summed E-state index contributed by atoms with van der Waals surface area (Å²) in [5.41, 5.74) is -3.55. The molecule has 0 N–H and O–H groups in total. The van der Waals surface area contributed by atoms with Crippen molar-refractivity contribution in [3.63, 3.8) is 0 Å². The summed E-state index contributed by atoms with van der Waals surface area (Å²) in [5.74, 6) is -32.9. The molecule has 8 nitrogen and oxygen atoms in total. The average Bonchev–Trinajstić information content (AvgIpc) is 2.93. The van der Waals surface area contributed by atoms with Crippen molar-refractivity contribution in [1.82, 2.24) is 0 Å². The SMILES string of the molecule is CCOC(=O)C(=O)CC(=O)c1c(F)c(F)c(F)c(F)c1F.CCOC(=O)C(=O)CC(=O)c1c(F)c(F)c(F)c(F)c1F.[Cu+2]. The monoisotopic (exact) mass is 683 g/mol. The maximum atomic E-state index is 13.3. The zero-order valence-electron chi connectivity index (χ0n) is 21.2. The Bertz CT molecular complexity index is 1310. The van der Waals surface area contributed by atoms with E-state index in [9.17, 15) is 72.7 Å². The largest absolute Gasteiger partial charge is 2.00 e. The Balaban J connectivity index is 0.000000802. The number of ketones is 4. The van der Waals surface area contributed by atoms with Gasteiger partial charge in [0.2, 0.25) is 23.2 Å². The van der Waals surface area contributed by atoms with Gasteiger partial charge in [0, 0.05) is 0 Å². The van der Waals surface area contributed by atoms with Crippen LogP contribution in [-0.2, 0) is 45.7 Å². The Kier molecular flexibility index (Phi) is 14.9. The van der Waals surface area contributed by atoms with Crippen molar-refractivity contribution in [2.75, 3.05) is 13.2 Å². The van der Waals surface area contributed by atoms with Gasteiger partial charge in [0.1, 0.15) is 0 Å². The van der Waals surface area contributed by atoms with E-state index in [1.807, 2.05) is 0 Å². The molecule has 237 valence electrons. The number of hydrogen-bond donors (Lipinski definition) is 0. The van der Waals surface area contributed by atoms with Crippen molar-refractivity contribution in [3.05, 3.63) is 69.3 Å². The molecule has 0 aliphatic carbocycles. The predicted octanol–water partition coefficient (Wildman–Crippen LogP) is 4.17. The molecule has 0 bridgehead atoms. The first-order chi connectivity index (χ1) is 19.4. The quantitative estimate of drug-likeness (QED) is 0.0535. The summed E-state index contributed by atoms with van der Waals surface area (Å²) >= 11 is 0. The molecule has 0 spiro atoms. The molecule has 0 heterocycles. The van der Waals surface area contributed by atoms with Gasteiger partial charge < -0.3 is 9.47 Å². The summed E-state index contributed by atoms with van der Waals surface area (Å²) in [7, 11) is 0. The van der Waals surface area contributed by atoms with E-state index in [0.717, 1.165) is 0 Å². The molecule has 0 aliphatic heterocycles. The van der Waals surface area contributed by atoms with Crippen LogP contribution >= 0.6 is 0 Å². The Morgan fingerprint density at radius 1 is 0.442 bits per heavy atom. The van der Waals surface area contributed by atoms with Crippen LogP contribution in [0.2, 0.25) is 0 Å². The maximum Gasteiger partial charge on any atom is 2.00 e. The minimum Gasteiger partial charge on any atom is -0.460 e. The number of rotatable bonds is 10. The van der Waals surface area contributed by atoms with Gasteiger partial charge in [0.05, 0.1) is 37.2 Å². The number of hydrogen-bond acceptors (Lipinski definition) is 8. The molecule has 43 heavy (non-hydrogen) atoms. The number of benzene rings is 2. The van der Waals surface area contributed by atoms with Crippen LogP contribution in [0.5, 0.6) is 0 Å². The van der Waals surface area contributed by atoms with Gasteiger partial charge in [-0.2, -0.15) is 0 Å². The second-order valence-electron chi connectivity index (χ2n) is 7.38. The molecule has 2 rings (SSSR count). The van der Waals surface area contributed by atoms with Crippen LogP contribution in [0.1, 0.15) is 47.4 Å². The minimum atomic E-state index is -2.43.